The molecule has 0 spiro atoms. The Hall–Kier alpha value is -1.06. The first-order chi connectivity index (χ1) is 9.54. The first-order valence-corrected chi connectivity index (χ1v) is 7.84. The van der Waals surface area contributed by atoms with Gasteiger partial charge in [-0.3, -0.25) is 9.59 Å². The van der Waals surface area contributed by atoms with Gasteiger partial charge in [-0.2, -0.15) is 4.72 Å². The molecular formula is C10H9Cl3N2O5S. The quantitative estimate of drug-likeness (QED) is 0.689. The van der Waals surface area contributed by atoms with E-state index in [0.717, 1.165) is 12.1 Å². The number of nitrogens with two attached hydrogens (primary N) is 1. The van der Waals surface area contributed by atoms with E-state index in [2.05, 4.69) is 0 Å². The summed E-state index contributed by atoms with van der Waals surface area (Å²) in [6.07, 6.45) is -0.725. The number of carbonyl (C=O) groups is 2. The molecule has 0 aromatic heterocycles. The molecule has 11 heteroatoms. The maximum absolute atomic E-state index is 12.1. The van der Waals surface area contributed by atoms with Gasteiger partial charge in [-0.05, 0) is 12.1 Å². The molecule has 1 atom stereocenters. The van der Waals surface area contributed by atoms with Crippen LogP contribution in [0.4, 0.5) is 0 Å². The van der Waals surface area contributed by atoms with Crippen molar-refractivity contribution in [2.75, 3.05) is 0 Å². The van der Waals surface area contributed by atoms with Crippen LogP contribution in [0.5, 0.6) is 0 Å². The van der Waals surface area contributed by atoms with Crippen molar-refractivity contribution in [3.05, 3.63) is 27.2 Å². The summed E-state index contributed by atoms with van der Waals surface area (Å²) in [6, 6.07) is 0.524. The van der Waals surface area contributed by atoms with Crippen LogP contribution in [-0.4, -0.2) is 31.4 Å². The van der Waals surface area contributed by atoms with Gasteiger partial charge >= 0.3 is 5.97 Å². The molecule has 0 bridgehead atoms. The molecule has 1 amide bonds. The first-order valence-electron chi connectivity index (χ1n) is 5.22. The van der Waals surface area contributed by atoms with E-state index in [1.54, 1.807) is 4.72 Å². The number of aliphatic carboxylic acids is 1. The van der Waals surface area contributed by atoms with Gasteiger partial charge in [0.15, 0.2) is 0 Å². The molecule has 21 heavy (non-hydrogen) atoms. The van der Waals surface area contributed by atoms with Crippen LogP contribution in [0.1, 0.15) is 6.42 Å². The topological polar surface area (TPSA) is 127 Å². The Labute approximate surface area is 135 Å². The van der Waals surface area contributed by atoms with Gasteiger partial charge in [0.2, 0.25) is 15.9 Å². The summed E-state index contributed by atoms with van der Waals surface area (Å²) in [5.74, 6) is -2.56. The Morgan fingerprint density at radius 1 is 1.24 bits per heavy atom. The van der Waals surface area contributed by atoms with E-state index in [1.807, 2.05) is 0 Å². The lowest BCUT2D eigenvalue weighted by atomic mass is 10.2. The molecule has 0 unspecified atom stereocenters. The number of amides is 1. The van der Waals surface area contributed by atoms with E-state index in [4.69, 9.17) is 45.6 Å². The number of hydrogen-bond donors (Lipinski definition) is 3. The molecule has 0 fully saturated rings. The Kier molecular flexibility index (Phi) is 5.83. The fourth-order valence-electron chi connectivity index (χ4n) is 1.41. The number of nitrogens with one attached hydrogen (secondary N) is 1. The summed E-state index contributed by atoms with van der Waals surface area (Å²) in [5, 5.41) is 8.42. The minimum absolute atomic E-state index is 0.107. The number of benzene rings is 1. The van der Waals surface area contributed by atoms with E-state index in [0.29, 0.717) is 0 Å². The number of halogens is 3. The Morgan fingerprint density at radius 2 is 1.71 bits per heavy atom. The van der Waals surface area contributed by atoms with Gasteiger partial charge in [0.1, 0.15) is 10.9 Å². The van der Waals surface area contributed by atoms with E-state index in [-0.39, 0.29) is 15.1 Å². The van der Waals surface area contributed by atoms with Gasteiger partial charge in [-0.25, -0.2) is 8.42 Å². The van der Waals surface area contributed by atoms with Gasteiger partial charge in [0, 0.05) is 5.02 Å². The van der Waals surface area contributed by atoms with E-state index in [9.17, 15) is 18.0 Å². The van der Waals surface area contributed by atoms with Crippen molar-refractivity contribution in [1.29, 1.82) is 0 Å². The SMILES string of the molecule is NC(=O)C[C@H](NS(=O)(=O)c1c(Cl)cc(Cl)cc1Cl)C(=O)O. The minimum atomic E-state index is -4.39. The molecule has 0 aliphatic heterocycles. The third-order valence-electron chi connectivity index (χ3n) is 2.23. The van der Waals surface area contributed by atoms with Crippen molar-refractivity contribution in [3.63, 3.8) is 0 Å². The molecule has 0 radical (unpaired) electrons. The molecule has 0 saturated carbocycles. The molecule has 1 aromatic rings. The van der Waals surface area contributed by atoms with E-state index >= 15 is 0 Å². The average molecular weight is 376 g/mol. The first kappa shape index (κ1) is 18.0. The average Bonchev–Trinajstić information content (AvgIpc) is 2.24. The summed E-state index contributed by atoms with van der Waals surface area (Å²) in [4.78, 5) is 21.2. The van der Waals surface area contributed by atoms with Crippen molar-refractivity contribution >= 4 is 56.7 Å². The molecular weight excluding hydrogens is 367 g/mol. The summed E-state index contributed by atoms with van der Waals surface area (Å²) >= 11 is 17.2. The van der Waals surface area contributed by atoms with Crippen LogP contribution in [0.25, 0.3) is 0 Å². The molecule has 7 nitrogen and oxygen atoms in total. The lowest BCUT2D eigenvalue weighted by molar-refractivity contribution is -0.140. The summed E-state index contributed by atoms with van der Waals surface area (Å²) in [7, 11) is -4.39. The lowest BCUT2D eigenvalue weighted by Gasteiger charge is -2.15. The van der Waals surface area contributed by atoms with Crippen molar-refractivity contribution in [2.45, 2.75) is 17.4 Å². The second-order valence-corrected chi connectivity index (χ2v) is 6.78. The molecule has 4 N–H and O–H groups in total. The second kappa shape index (κ2) is 6.80. The standard InChI is InChI=1S/C10H9Cl3N2O5S/c11-4-1-5(12)9(6(13)2-4)21(19,20)15-7(10(17)18)3-8(14)16/h1-2,7,15H,3H2,(H2,14,16)(H,17,18)/t7-/m0/s1. The highest BCUT2D eigenvalue weighted by Crippen LogP contribution is 2.32. The maximum Gasteiger partial charge on any atom is 0.322 e. The largest absolute Gasteiger partial charge is 0.480 e. The number of carbonyl (C=O) groups excluding carboxylic acids is 1. The van der Waals surface area contributed by atoms with Crippen molar-refractivity contribution in [2.24, 2.45) is 5.73 Å². The third-order valence-corrected chi connectivity index (χ3v) is 4.84. The van der Waals surface area contributed by atoms with Crippen molar-refractivity contribution in [3.8, 4) is 0 Å². The fraction of sp³-hybridized carbons (Fsp3) is 0.200. The molecule has 1 rings (SSSR count). The highest BCUT2D eigenvalue weighted by atomic mass is 35.5. The van der Waals surface area contributed by atoms with Crippen LogP contribution >= 0.6 is 34.8 Å². The van der Waals surface area contributed by atoms with Crippen LogP contribution in [-0.2, 0) is 19.6 Å². The van der Waals surface area contributed by atoms with Gasteiger partial charge < -0.3 is 10.8 Å². The lowest BCUT2D eigenvalue weighted by Crippen LogP contribution is -2.43. The number of carboxylic acid groups (broad SMARTS) is 1. The smallest absolute Gasteiger partial charge is 0.322 e. The predicted molar refractivity (Wildman–Crippen MR) is 77.0 cm³/mol. The zero-order valence-electron chi connectivity index (χ0n) is 10.1. The van der Waals surface area contributed by atoms with Gasteiger partial charge in [0.05, 0.1) is 16.5 Å². The van der Waals surface area contributed by atoms with Crippen LogP contribution in [0.15, 0.2) is 17.0 Å². The Morgan fingerprint density at radius 3 is 2.10 bits per heavy atom. The van der Waals surface area contributed by atoms with Gasteiger partial charge in [-0.15, -0.1) is 0 Å². The van der Waals surface area contributed by atoms with Crippen LogP contribution in [0, 0.1) is 0 Å². The van der Waals surface area contributed by atoms with Gasteiger partial charge in [0.25, 0.3) is 0 Å². The highest BCUT2D eigenvalue weighted by Gasteiger charge is 2.30. The Bertz CT molecular complexity index is 669. The van der Waals surface area contributed by atoms with Crippen LogP contribution < -0.4 is 10.5 Å². The third kappa shape index (κ3) is 4.72. The number of sulfonamides is 1. The van der Waals surface area contributed by atoms with E-state index in [1.165, 1.54) is 0 Å². The van der Waals surface area contributed by atoms with Crippen molar-refractivity contribution < 1.29 is 23.1 Å². The molecule has 1 aromatic carbocycles. The minimum Gasteiger partial charge on any atom is -0.480 e. The van der Waals surface area contributed by atoms with Crippen LogP contribution in [0.2, 0.25) is 15.1 Å². The molecule has 0 saturated heterocycles. The van der Waals surface area contributed by atoms with Gasteiger partial charge in [-0.1, -0.05) is 34.8 Å². The summed E-state index contributed by atoms with van der Waals surface area (Å²) < 4.78 is 26.1. The summed E-state index contributed by atoms with van der Waals surface area (Å²) in [6.45, 7) is 0. The molecule has 116 valence electrons. The maximum atomic E-state index is 12.1. The van der Waals surface area contributed by atoms with Crippen LogP contribution in [0.3, 0.4) is 0 Å². The fourth-order valence-corrected chi connectivity index (χ4v) is 4.15. The van der Waals surface area contributed by atoms with E-state index < -0.39 is 39.3 Å². The zero-order valence-corrected chi connectivity index (χ0v) is 13.2. The predicted octanol–water partition coefficient (Wildman–Crippen LogP) is 1.25. The second-order valence-electron chi connectivity index (χ2n) is 3.88. The number of carboxylic acids is 1. The zero-order chi connectivity index (χ0) is 16.4. The number of rotatable bonds is 6. The summed E-state index contributed by atoms with van der Waals surface area (Å²) in [5.41, 5.74) is 4.86. The number of hydrogen-bond acceptors (Lipinski definition) is 4. The molecule has 0 aliphatic rings. The molecule has 0 aliphatic carbocycles. The monoisotopic (exact) mass is 374 g/mol. The van der Waals surface area contributed by atoms with Crippen molar-refractivity contribution in [1.82, 2.24) is 4.72 Å². The normalized spacial score (nSPS) is 12.9. The Balaban J connectivity index is 3.23. The molecule has 0 heterocycles. The highest BCUT2D eigenvalue weighted by molar-refractivity contribution is 7.89. The number of primary amides is 1.